The van der Waals surface area contributed by atoms with Crippen LogP contribution in [0.1, 0.15) is 131 Å². The molecule has 3 aliphatic rings. The quantitative estimate of drug-likeness (QED) is 0.0324. The van der Waals surface area contributed by atoms with Crippen LogP contribution in [0.4, 0.5) is 17.1 Å². The molecule has 0 radical (unpaired) electrons. The number of anilines is 3. The number of rotatable bonds is 24. The first kappa shape index (κ1) is 102. The number of likely N-dealkylation sites (N-methyl/N-ethyl adjacent to an activating group) is 3. The van der Waals surface area contributed by atoms with Crippen molar-refractivity contribution < 1.29 is 98.0 Å². The summed E-state index contributed by atoms with van der Waals surface area (Å²) < 4.78 is 39.3. The monoisotopic (exact) mass is 1670 g/mol. The molecule has 28 nitrogen and oxygen atoms in total. The fourth-order valence-corrected chi connectivity index (χ4v) is 13.7. The van der Waals surface area contributed by atoms with Gasteiger partial charge in [0, 0.05) is 138 Å². The van der Waals surface area contributed by atoms with Crippen molar-refractivity contribution in [2.75, 3.05) is 210 Å². The predicted octanol–water partition coefficient (Wildman–Crippen LogP) is 8.84. The fraction of sp³-hybridized carbons (Fsp3) is 0.440. The number of aromatic amines is 1. The van der Waals surface area contributed by atoms with Gasteiger partial charge in [0.15, 0.2) is 0 Å². The third kappa shape index (κ3) is 25.7. The predicted molar refractivity (Wildman–Crippen MR) is 476 cm³/mol. The standard InChI is InChI=1S/2C29H36N4O5.C25H27N3O5.C4H11NO.4CH4.Na.H/c1-6-38-29(36)25-26(23-19-20(2)7-12-24(23)33(28(25)35)18-13-30(3)4)31-14-16-32(17-15-31)27(34)21-8-10-22(37-5)11-9-21;1-6-37-29(35)25-26(23-19-20(2)7-12-24(23)30-27(25)38-18-17-31(3)4)32-13-15-33(16-14-32)28(34)21-8-10-22(36-5)11-9-21;1-4-33-25(31)21-22(19-15-16(2)5-10-20(19)26-23(21)29)27-11-13-28(14-12-27)24(30)17-6-8-18(32-3)9-7-17;1-5(2)3-4-6;;;;;;/h2*7-12,19H,6,13-18H2,1-5H3;5-10,15H,4,11-14H2,1-3H3,(H,26,29);6H,3-4H2,1-2H3;4*1H4;;/q;;;;;;;;+1;-1. The van der Waals surface area contributed by atoms with Crippen molar-refractivity contribution >= 4 is 85.4 Å². The number of aliphatic hydroxyl groups excluding tert-OH is 1. The molecule has 3 fully saturated rings. The van der Waals surface area contributed by atoms with Crippen molar-refractivity contribution in [3.63, 3.8) is 0 Å². The number of fused-ring (bicyclic) bond motifs is 3. The molecule has 6 heterocycles. The van der Waals surface area contributed by atoms with E-state index in [4.69, 9.17) is 43.2 Å². The Balaban J connectivity index is 0.000000443. The zero-order valence-electron chi connectivity index (χ0n) is 71.0. The molecule has 6 aromatic carbocycles. The number of carbonyl (C=O) groups is 6. The van der Waals surface area contributed by atoms with Crippen LogP contribution < -0.4 is 74.3 Å². The molecule has 648 valence electrons. The second kappa shape index (κ2) is 48.6. The molecule has 0 bridgehead atoms. The second-order valence-electron chi connectivity index (χ2n) is 28.8. The molecule has 0 atom stereocenters. The first-order valence-electron chi connectivity index (χ1n) is 38.8. The number of carbonyl (C=O) groups excluding carboxylic acids is 6. The van der Waals surface area contributed by atoms with Crippen LogP contribution in [0.15, 0.2) is 137 Å². The molecule has 0 aliphatic carbocycles. The van der Waals surface area contributed by atoms with Gasteiger partial charge in [-0.15, -0.1) is 0 Å². The summed E-state index contributed by atoms with van der Waals surface area (Å²) >= 11 is 0. The van der Waals surface area contributed by atoms with Gasteiger partial charge in [-0.1, -0.05) is 64.6 Å². The Labute approximate surface area is 731 Å². The van der Waals surface area contributed by atoms with Crippen molar-refractivity contribution in [1.82, 2.24) is 43.9 Å². The summed E-state index contributed by atoms with van der Waals surface area (Å²) in [5, 5.41) is 10.7. The Morgan fingerprint density at radius 3 is 1.19 bits per heavy atom. The minimum absolute atomic E-state index is 0. The van der Waals surface area contributed by atoms with Crippen molar-refractivity contribution in [3.8, 4) is 23.1 Å². The van der Waals surface area contributed by atoms with E-state index in [1.165, 1.54) is 0 Å². The molecular weight excluding hydrogens is 1540 g/mol. The van der Waals surface area contributed by atoms with Crippen molar-refractivity contribution in [2.24, 2.45) is 0 Å². The van der Waals surface area contributed by atoms with Crippen LogP contribution in [0.3, 0.4) is 0 Å². The van der Waals surface area contributed by atoms with Crippen LogP contribution in [-0.2, 0) is 20.8 Å². The average molecular weight is 1670 g/mol. The van der Waals surface area contributed by atoms with Crippen molar-refractivity contribution in [2.45, 2.75) is 77.8 Å². The minimum Gasteiger partial charge on any atom is -1.00 e. The first-order valence-corrected chi connectivity index (χ1v) is 38.8. The summed E-state index contributed by atoms with van der Waals surface area (Å²) in [6, 6.07) is 38.9. The zero-order valence-corrected chi connectivity index (χ0v) is 72.0. The van der Waals surface area contributed by atoms with Gasteiger partial charge in [-0.05, 0) is 193 Å². The van der Waals surface area contributed by atoms with Gasteiger partial charge in [-0.3, -0.25) is 24.0 Å². The Kier molecular flexibility index (Phi) is 41.2. The van der Waals surface area contributed by atoms with E-state index in [2.05, 4.69) is 9.88 Å². The van der Waals surface area contributed by atoms with Crippen LogP contribution in [0.25, 0.3) is 32.7 Å². The SMILES string of the molecule is C.C.C.C.CCOC(=O)c1c(N2CCN(C(=O)c3ccc(OC)cc3)CC2)c2cc(C)ccc2[nH]c1=O.CCOC(=O)c1c(N2CCN(C(=O)c3ccc(OC)cc3)CC2)c2cc(C)ccc2n(CCN(C)C)c1=O.CCOC(=O)c1c(OCCN(C)C)nc2ccc(C)cc2c1N1CCN(C(=O)c2ccc(OC)cc2)CC1.CN(C)CCO.[H-].[Na+]. The normalized spacial score (nSPS) is 13.0. The van der Waals surface area contributed by atoms with Crippen LogP contribution in [0, 0.1) is 20.8 Å². The van der Waals surface area contributed by atoms with Gasteiger partial charge >= 0.3 is 47.5 Å². The Hall–Kier alpha value is -10.6. The molecule has 29 heteroatoms. The molecule has 12 rings (SSSR count). The number of piperazine rings is 3. The van der Waals surface area contributed by atoms with Gasteiger partial charge in [0.2, 0.25) is 5.88 Å². The second-order valence-corrected chi connectivity index (χ2v) is 28.8. The number of benzene rings is 6. The number of methoxy groups -OCH3 is 3. The number of aryl methyl sites for hydroxylation is 3. The van der Waals surface area contributed by atoms with E-state index < -0.39 is 23.5 Å². The summed E-state index contributed by atoms with van der Waals surface area (Å²) in [6.45, 7) is 20.9. The number of ether oxygens (including phenoxy) is 7. The molecule has 3 aromatic heterocycles. The van der Waals surface area contributed by atoms with Crippen molar-refractivity contribution in [3.05, 3.63) is 198 Å². The number of hydrogen-bond donors (Lipinski definition) is 2. The van der Waals surface area contributed by atoms with Crippen LogP contribution in [0.5, 0.6) is 23.1 Å². The average Bonchev–Trinajstić information content (AvgIpc) is 0.761. The number of nitrogens with one attached hydrogen (secondary N) is 1. The number of amides is 3. The molecule has 2 N–H and O–H groups in total. The molecule has 0 saturated carbocycles. The summed E-state index contributed by atoms with van der Waals surface area (Å²) in [4.78, 5) is 130. The van der Waals surface area contributed by atoms with E-state index in [1.807, 2.05) is 147 Å². The van der Waals surface area contributed by atoms with Crippen molar-refractivity contribution in [1.29, 1.82) is 0 Å². The maximum absolute atomic E-state index is 13.8. The number of pyridine rings is 3. The molecule has 3 amide bonds. The largest absolute Gasteiger partial charge is 1.00 e. The third-order valence-electron chi connectivity index (χ3n) is 19.8. The summed E-state index contributed by atoms with van der Waals surface area (Å²) in [5.41, 5.74) is 8.54. The van der Waals surface area contributed by atoms with Gasteiger partial charge in [0.05, 0.1) is 81.4 Å². The van der Waals surface area contributed by atoms with E-state index in [0.29, 0.717) is 161 Å². The number of esters is 3. The van der Waals surface area contributed by atoms with Gasteiger partial charge in [0.25, 0.3) is 28.8 Å². The molecule has 0 unspecified atom stereocenters. The number of aliphatic hydroxyl groups is 1. The Morgan fingerprint density at radius 1 is 0.450 bits per heavy atom. The van der Waals surface area contributed by atoms with E-state index >= 15 is 0 Å². The van der Waals surface area contributed by atoms with E-state index in [1.54, 1.807) is 129 Å². The van der Waals surface area contributed by atoms with Crippen LogP contribution in [-0.4, -0.2) is 279 Å². The van der Waals surface area contributed by atoms with Gasteiger partial charge in [-0.25, -0.2) is 19.4 Å². The summed E-state index contributed by atoms with van der Waals surface area (Å²) in [7, 11) is 16.5. The van der Waals surface area contributed by atoms with Gasteiger partial charge in [0.1, 0.15) is 40.5 Å². The Bertz CT molecular complexity index is 4990. The smallest absolute Gasteiger partial charge is 1.00 e. The Morgan fingerprint density at radius 2 is 0.808 bits per heavy atom. The topological polar surface area (TPSA) is 284 Å². The molecular formula is C91H127N12NaO16. The maximum atomic E-state index is 13.8. The third-order valence-corrected chi connectivity index (χ3v) is 19.8. The van der Waals surface area contributed by atoms with E-state index in [0.717, 1.165) is 56.1 Å². The number of nitrogens with zero attached hydrogens (tertiary/aromatic N) is 11. The molecule has 0 spiro atoms. The van der Waals surface area contributed by atoms with E-state index in [-0.39, 0.29) is 127 Å². The molecule has 120 heavy (non-hydrogen) atoms. The van der Waals surface area contributed by atoms with Crippen LogP contribution >= 0.6 is 0 Å². The fourth-order valence-electron chi connectivity index (χ4n) is 13.7. The minimum atomic E-state index is -0.645. The first-order chi connectivity index (χ1) is 55.3. The number of aromatic nitrogens is 3. The molecule has 3 saturated heterocycles. The molecule has 9 aromatic rings. The maximum Gasteiger partial charge on any atom is 1.00 e. The van der Waals surface area contributed by atoms with Gasteiger partial charge in [-0.2, -0.15) is 0 Å². The number of hydrogen-bond acceptors (Lipinski definition) is 23. The number of H-pyrrole nitrogens is 1. The summed E-state index contributed by atoms with van der Waals surface area (Å²) in [5.74, 6) is 0.498. The van der Waals surface area contributed by atoms with Crippen LogP contribution in [0.2, 0.25) is 0 Å². The summed E-state index contributed by atoms with van der Waals surface area (Å²) in [6.07, 6.45) is 0. The zero-order chi connectivity index (χ0) is 83.2. The van der Waals surface area contributed by atoms with E-state index in [9.17, 15) is 38.4 Å². The van der Waals surface area contributed by atoms with Gasteiger partial charge < -0.3 is 93.3 Å². The molecule has 3 aliphatic heterocycles.